The molecule has 2 aromatic rings. The van der Waals surface area contributed by atoms with Crippen molar-refractivity contribution in [3.63, 3.8) is 0 Å². The Morgan fingerprint density at radius 2 is 1.84 bits per heavy atom. The molecule has 0 spiro atoms. The number of phenols is 1. The summed E-state index contributed by atoms with van der Waals surface area (Å²) in [7, 11) is 0. The minimum atomic E-state index is -0.842. The first-order valence-electron chi connectivity index (χ1n) is 5.94. The van der Waals surface area contributed by atoms with Crippen molar-refractivity contribution in [1.29, 1.82) is 0 Å². The summed E-state index contributed by atoms with van der Waals surface area (Å²) in [5, 5.41) is 18.5. The number of aliphatic hydroxyl groups excluding tert-OH is 1. The molecule has 2 N–H and O–H groups in total. The lowest BCUT2D eigenvalue weighted by Crippen LogP contribution is -1.99. The van der Waals surface area contributed by atoms with Crippen molar-refractivity contribution in [1.82, 2.24) is 0 Å². The van der Waals surface area contributed by atoms with Gasteiger partial charge in [-0.2, -0.15) is 0 Å². The molecule has 0 saturated carbocycles. The van der Waals surface area contributed by atoms with Crippen LogP contribution in [0, 0.1) is 5.82 Å². The third-order valence-corrected chi connectivity index (χ3v) is 2.76. The van der Waals surface area contributed by atoms with Crippen molar-refractivity contribution < 1.29 is 19.3 Å². The van der Waals surface area contributed by atoms with Crippen LogP contribution in [0.4, 0.5) is 4.39 Å². The van der Waals surface area contributed by atoms with E-state index in [4.69, 9.17) is 9.84 Å². The maximum atomic E-state index is 13.6. The lowest BCUT2D eigenvalue weighted by Gasteiger charge is -2.10. The van der Waals surface area contributed by atoms with Gasteiger partial charge in [-0.25, -0.2) is 4.39 Å². The van der Waals surface area contributed by atoms with Gasteiger partial charge >= 0.3 is 0 Å². The van der Waals surface area contributed by atoms with E-state index < -0.39 is 11.9 Å². The third-order valence-electron chi connectivity index (χ3n) is 2.76. The highest BCUT2D eigenvalue weighted by Gasteiger charge is 2.09. The first kappa shape index (κ1) is 13.4. The number of aliphatic hydroxyl groups is 1. The number of hydrogen-bond donors (Lipinski definition) is 2. The molecule has 4 heteroatoms. The molecule has 0 heterocycles. The van der Waals surface area contributed by atoms with Crippen LogP contribution >= 0.6 is 0 Å². The van der Waals surface area contributed by atoms with E-state index in [1.807, 2.05) is 0 Å². The van der Waals surface area contributed by atoms with E-state index >= 15 is 0 Å². The summed E-state index contributed by atoms with van der Waals surface area (Å²) in [6.45, 7) is 1.79. The third kappa shape index (κ3) is 3.45. The van der Waals surface area contributed by atoms with Gasteiger partial charge in [0, 0.05) is 11.6 Å². The van der Waals surface area contributed by atoms with Gasteiger partial charge < -0.3 is 14.9 Å². The Bertz CT molecular complexity index is 550. The zero-order valence-electron chi connectivity index (χ0n) is 10.5. The minimum Gasteiger partial charge on any atom is -0.508 e. The van der Waals surface area contributed by atoms with Crippen molar-refractivity contribution in [3.8, 4) is 11.5 Å². The fourth-order valence-electron chi connectivity index (χ4n) is 1.70. The molecule has 0 amide bonds. The van der Waals surface area contributed by atoms with Crippen LogP contribution in [0.25, 0.3) is 0 Å². The molecule has 0 fully saturated rings. The predicted molar refractivity (Wildman–Crippen MR) is 69.5 cm³/mol. The van der Waals surface area contributed by atoms with Crippen molar-refractivity contribution in [2.75, 3.05) is 0 Å². The molecule has 100 valence electrons. The second-order valence-corrected chi connectivity index (χ2v) is 4.31. The van der Waals surface area contributed by atoms with Crippen LogP contribution in [-0.4, -0.2) is 10.2 Å². The number of hydrogen-bond acceptors (Lipinski definition) is 3. The molecule has 0 aliphatic heterocycles. The molecule has 1 atom stereocenters. The SMILES string of the molecule is C[C@H](O)c1ccc(OCc2ccc(O)cc2)cc1F. The van der Waals surface area contributed by atoms with E-state index in [2.05, 4.69) is 0 Å². The van der Waals surface area contributed by atoms with Gasteiger partial charge in [0.1, 0.15) is 23.9 Å². The van der Waals surface area contributed by atoms with Gasteiger partial charge in [0.05, 0.1) is 6.10 Å². The molecule has 19 heavy (non-hydrogen) atoms. The molecule has 3 nitrogen and oxygen atoms in total. The molecule has 2 aromatic carbocycles. The maximum absolute atomic E-state index is 13.6. The van der Waals surface area contributed by atoms with E-state index in [9.17, 15) is 9.50 Å². The van der Waals surface area contributed by atoms with E-state index in [0.717, 1.165) is 5.56 Å². The highest BCUT2D eigenvalue weighted by Crippen LogP contribution is 2.22. The number of ether oxygens (including phenoxy) is 1. The van der Waals surface area contributed by atoms with Crippen LogP contribution in [-0.2, 0) is 6.61 Å². The molecule has 0 aliphatic rings. The smallest absolute Gasteiger partial charge is 0.132 e. The first-order valence-corrected chi connectivity index (χ1v) is 5.94. The summed E-state index contributed by atoms with van der Waals surface area (Å²) in [6, 6.07) is 11.0. The van der Waals surface area contributed by atoms with Crippen LogP contribution in [0.15, 0.2) is 42.5 Å². The molecule has 0 saturated heterocycles. The van der Waals surface area contributed by atoms with E-state index in [-0.39, 0.29) is 17.9 Å². The number of rotatable bonds is 4. The lowest BCUT2D eigenvalue weighted by molar-refractivity contribution is 0.194. The van der Waals surface area contributed by atoms with Gasteiger partial charge in [-0.05, 0) is 36.8 Å². The molecule has 0 aliphatic carbocycles. The fourth-order valence-corrected chi connectivity index (χ4v) is 1.70. The largest absolute Gasteiger partial charge is 0.508 e. The molecule has 0 unspecified atom stereocenters. The van der Waals surface area contributed by atoms with Crippen molar-refractivity contribution in [2.45, 2.75) is 19.6 Å². The molecule has 0 bridgehead atoms. The molecular weight excluding hydrogens is 247 g/mol. The van der Waals surface area contributed by atoms with Gasteiger partial charge in [0.2, 0.25) is 0 Å². The Morgan fingerprint density at radius 3 is 2.42 bits per heavy atom. The second kappa shape index (κ2) is 5.71. The highest BCUT2D eigenvalue weighted by atomic mass is 19.1. The van der Waals surface area contributed by atoms with Crippen LogP contribution in [0.5, 0.6) is 11.5 Å². The zero-order valence-corrected chi connectivity index (χ0v) is 10.5. The summed E-state index contributed by atoms with van der Waals surface area (Å²) in [6.07, 6.45) is -0.842. The Morgan fingerprint density at radius 1 is 1.16 bits per heavy atom. The van der Waals surface area contributed by atoms with E-state index in [0.29, 0.717) is 5.75 Å². The number of benzene rings is 2. The number of aromatic hydroxyl groups is 1. The summed E-state index contributed by atoms with van der Waals surface area (Å²) in [4.78, 5) is 0. The van der Waals surface area contributed by atoms with Crippen molar-refractivity contribution in [3.05, 3.63) is 59.4 Å². The molecular formula is C15H15FO3. The Kier molecular flexibility index (Phi) is 4.02. The van der Waals surface area contributed by atoms with Gasteiger partial charge in [-0.1, -0.05) is 12.1 Å². The van der Waals surface area contributed by atoms with Gasteiger partial charge in [0.25, 0.3) is 0 Å². The van der Waals surface area contributed by atoms with Gasteiger partial charge in [-0.15, -0.1) is 0 Å². The monoisotopic (exact) mass is 262 g/mol. The number of phenolic OH excluding ortho intramolecular Hbond substituents is 1. The summed E-state index contributed by atoms with van der Waals surface area (Å²) in [5.41, 5.74) is 1.12. The molecule has 2 rings (SSSR count). The van der Waals surface area contributed by atoms with Gasteiger partial charge in [0.15, 0.2) is 0 Å². The first-order chi connectivity index (χ1) is 9.06. The van der Waals surface area contributed by atoms with E-state index in [1.165, 1.54) is 19.1 Å². The Labute approximate surface area is 110 Å². The maximum Gasteiger partial charge on any atom is 0.132 e. The fraction of sp³-hybridized carbons (Fsp3) is 0.200. The van der Waals surface area contributed by atoms with Crippen LogP contribution in [0.2, 0.25) is 0 Å². The summed E-state index contributed by atoms with van der Waals surface area (Å²) >= 11 is 0. The van der Waals surface area contributed by atoms with Gasteiger partial charge in [-0.3, -0.25) is 0 Å². The van der Waals surface area contributed by atoms with Crippen LogP contribution in [0.3, 0.4) is 0 Å². The standard InChI is InChI=1S/C15H15FO3/c1-10(17)14-7-6-13(8-15(14)16)19-9-11-2-4-12(18)5-3-11/h2-8,10,17-18H,9H2,1H3/t10-/m0/s1. The zero-order chi connectivity index (χ0) is 13.8. The van der Waals surface area contributed by atoms with Crippen molar-refractivity contribution >= 4 is 0 Å². The topological polar surface area (TPSA) is 49.7 Å². The molecule has 0 radical (unpaired) electrons. The Hall–Kier alpha value is -2.07. The number of halogens is 1. The summed E-state index contributed by atoms with van der Waals surface area (Å²) in [5.74, 6) is 0.101. The average Bonchev–Trinajstić information content (AvgIpc) is 2.37. The lowest BCUT2D eigenvalue weighted by atomic mass is 10.1. The Balaban J connectivity index is 2.04. The average molecular weight is 262 g/mol. The second-order valence-electron chi connectivity index (χ2n) is 4.31. The minimum absolute atomic E-state index is 0.191. The molecule has 0 aromatic heterocycles. The highest BCUT2D eigenvalue weighted by molar-refractivity contribution is 5.31. The normalized spacial score (nSPS) is 12.2. The van der Waals surface area contributed by atoms with Crippen LogP contribution in [0.1, 0.15) is 24.2 Å². The quantitative estimate of drug-likeness (QED) is 0.889. The van der Waals surface area contributed by atoms with Crippen molar-refractivity contribution in [2.24, 2.45) is 0 Å². The summed E-state index contributed by atoms with van der Waals surface area (Å²) < 4.78 is 19.1. The predicted octanol–water partition coefficient (Wildman–Crippen LogP) is 3.16. The van der Waals surface area contributed by atoms with Crippen LogP contribution < -0.4 is 4.74 Å². The van der Waals surface area contributed by atoms with E-state index in [1.54, 1.807) is 30.3 Å².